The quantitative estimate of drug-likeness (QED) is 0.238. The summed E-state index contributed by atoms with van der Waals surface area (Å²) in [4.78, 5) is 107. The minimum atomic E-state index is -1.37. The highest BCUT2D eigenvalue weighted by Crippen LogP contribution is 2.14. The molecule has 1 fully saturated rings. The molecule has 0 saturated carbocycles. The molecular weight excluding hydrogens is 584 g/mol. The van der Waals surface area contributed by atoms with Crippen molar-refractivity contribution >= 4 is 47.5 Å². The summed E-state index contributed by atoms with van der Waals surface area (Å²) in [6, 6.07) is -4.83. The van der Waals surface area contributed by atoms with E-state index < -0.39 is 96.1 Å². The number of cyclic esters (lactones) is 4. The molecule has 0 spiro atoms. The van der Waals surface area contributed by atoms with Crippen LogP contribution in [0.25, 0.3) is 0 Å². The van der Waals surface area contributed by atoms with Gasteiger partial charge in [-0.25, -0.2) is 19.2 Å². The van der Waals surface area contributed by atoms with Gasteiger partial charge in [0.2, 0.25) is 0 Å². The van der Waals surface area contributed by atoms with Gasteiger partial charge in [0, 0.05) is 28.2 Å². The lowest BCUT2D eigenvalue weighted by Crippen LogP contribution is -2.52. The molecule has 0 aromatic heterocycles. The molecule has 248 valence electrons. The Morgan fingerprint density at radius 3 is 0.614 bits per heavy atom. The Balaban J connectivity index is 3.37. The third-order valence-corrected chi connectivity index (χ3v) is 7.64. The summed E-state index contributed by atoms with van der Waals surface area (Å²) in [7, 11) is 5.09. The lowest BCUT2D eigenvalue weighted by atomic mass is 10.2. The van der Waals surface area contributed by atoms with E-state index in [0.717, 1.165) is 19.6 Å². The summed E-state index contributed by atoms with van der Waals surface area (Å²) in [6.45, 7) is 10.5. The molecule has 0 bridgehead atoms. The Morgan fingerprint density at radius 1 is 0.341 bits per heavy atom. The predicted octanol–water partition coefficient (Wildman–Crippen LogP) is -0.886. The third-order valence-electron chi connectivity index (χ3n) is 7.64. The van der Waals surface area contributed by atoms with Gasteiger partial charge in [0.25, 0.3) is 23.6 Å². The summed E-state index contributed by atoms with van der Waals surface area (Å²) >= 11 is 0. The molecule has 16 nitrogen and oxygen atoms in total. The van der Waals surface area contributed by atoms with E-state index in [4.69, 9.17) is 18.9 Å². The highest BCUT2D eigenvalue weighted by molar-refractivity contribution is 5.93. The van der Waals surface area contributed by atoms with Crippen LogP contribution in [0.4, 0.5) is 0 Å². The maximum absolute atomic E-state index is 12.9. The standard InChI is InChI=1S/C28H44N4O12/c1-13-25(37)41-18(6)22(34)30(10)15(3)27(39)43-20(8)24(36)32(12)16(4)28(40)44-19(7)23(35)31(11)14(2)26(38)42-17(5)21(33)29(13)9/h13-20H,1-12H3. The van der Waals surface area contributed by atoms with E-state index in [1.807, 2.05) is 0 Å². The fourth-order valence-electron chi connectivity index (χ4n) is 3.84. The van der Waals surface area contributed by atoms with Crippen LogP contribution in [0.2, 0.25) is 0 Å². The second kappa shape index (κ2) is 15.5. The number of likely N-dealkylation sites (N-methyl/N-ethyl adjacent to an activating group) is 4. The average Bonchev–Trinajstić information content (AvgIpc) is 2.98. The fourth-order valence-corrected chi connectivity index (χ4v) is 3.84. The van der Waals surface area contributed by atoms with Crippen LogP contribution in [-0.4, -0.2) is 144 Å². The number of esters is 4. The van der Waals surface area contributed by atoms with E-state index in [1.165, 1.54) is 83.6 Å². The van der Waals surface area contributed by atoms with Crippen molar-refractivity contribution in [2.24, 2.45) is 0 Å². The van der Waals surface area contributed by atoms with Crippen molar-refractivity contribution in [2.45, 2.75) is 104 Å². The lowest BCUT2D eigenvalue weighted by molar-refractivity contribution is -0.174. The number of hydrogen-bond donors (Lipinski definition) is 0. The van der Waals surface area contributed by atoms with Crippen LogP contribution in [0, 0.1) is 0 Å². The van der Waals surface area contributed by atoms with E-state index in [1.54, 1.807) is 0 Å². The minimum Gasteiger partial charge on any atom is -0.451 e. The van der Waals surface area contributed by atoms with Crippen molar-refractivity contribution in [3.8, 4) is 0 Å². The zero-order valence-corrected chi connectivity index (χ0v) is 27.3. The number of nitrogens with zero attached hydrogens (tertiary/aromatic N) is 4. The molecule has 0 radical (unpaired) electrons. The van der Waals surface area contributed by atoms with Gasteiger partial charge < -0.3 is 38.5 Å². The maximum atomic E-state index is 12.9. The number of carbonyl (C=O) groups is 8. The average molecular weight is 629 g/mol. The number of amides is 4. The lowest BCUT2D eigenvalue weighted by Gasteiger charge is -2.31. The zero-order chi connectivity index (χ0) is 34.4. The van der Waals surface area contributed by atoms with Gasteiger partial charge in [-0.2, -0.15) is 0 Å². The highest BCUT2D eigenvalue weighted by atomic mass is 16.6. The smallest absolute Gasteiger partial charge is 0.329 e. The maximum Gasteiger partial charge on any atom is 0.329 e. The van der Waals surface area contributed by atoms with E-state index in [9.17, 15) is 38.4 Å². The van der Waals surface area contributed by atoms with Crippen LogP contribution in [0.15, 0.2) is 0 Å². The first-order valence-corrected chi connectivity index (χ1v) is 14.0. The number of ether oxygens (including phenoxy) is 4. The Kier molecular flexibility index (Phi) is 13.3. The minimum absolute atomic E-state index is 0.769. The molecule has 1 aliphatic rings. The van der Waals surface area contributed by atoms with Crippen molar-refractivity contribution < 1.29 is 57.3 Å². The molecular formula is C28H44N4O12. The summed E-state index contributed by atoms with van der Waals surface area (Å²) in [5, 5.41) is 0. The number of hydrogen-bond acceptors (Lipinski definition) is 12. The molecule has 0 aromatic carbocycles. The molecule has 4 amide bonds. The van der Waals surface area contributed by atoms with Gasteiger partial charge in [-0.05, 0) is 55.4 Å². The van der Waals surface area contributed by atoms with Gasteiger partial charge >= 0.3 is 23.9 Å². The molecule has 16 heteroatoms. The first-order chi connectivity index (χ1) is 20.1. The Hall–Kier alpha value is -4.24. The van der Waals surface area contributed by atoms with Gasteiger partial charge in [0.15, 0.2) is 24.4 Å². The van der Waals surface area contributed by atoms with Crippen molar-refractivity contribution in [3.63, 3.8) is 0 Å². The molecule has 1 saturated heterocycles. The van der Waals surface area contributed by atoms with Crippen molar-refractivity contribution in [1.29, 1.82) is 0 Å². The Labute approximate surface area is 256 Å². The SMILES string of the molecule is CC1OC(=O)C(C)N(C)C(=O)C(C)OC(=O)C(C)N(C)C(=O)C(C)OC(=O)C(C)N(C)C(=O)C(C)OC(=O)C(C)N(C)C1=O. The highest BCUT2D eigenvalue weighted by Gasteiger charge is 2.37. The predicted molar refractivity (Wildman–Crippen MR) is 151 cm³/mol. The van der Waals surface area contributed by atoms with E-state index in [-0.39, 0.29) is 0 Å². The zero-order valence-electron chi connectivity index (χ0n) is 27.3. The van der Waals surface area contributed by atoms with Crippen LogP contribution in [-0.2, 0) is 57.3 Å². The molecule has 0 aliphatic carbocycles. The van der Waals surface area contributed by atoms with Gasteiger partial charge in [0.1, 0.15) is 24.2 Å². The van der Waals surface area contributed by atoms with Crippen LogP contribution in [0.5, 0.6) is 0 Å². The molecule has 8 unspecified atom stereocenters. The molecule has 8 atom stereocenters. The number of carbonyl (C=O) groups excluding carboxylic acids is 8. The van der Waals surface area contributed by atoms with E-state index in [2.05, 4.69) is 0 Å². The molecule has 44 heavy (non-hydrogen) atoms. The molecule has 1 heterocycles. The summed E-state index contributed by atoms with van der Waals surface area (Å²) in [5.74, 6) is -6.86. The van der Waals surface area contributed by atoms with Crippen LogP contribution in [0.1, 0.15) is 55.4 Å². The van der Waals surface area contributed by atoms with Gasteiger partial charge in [-0.1, -0.05) is 0 Å². The third kappa shape index (κ3) is 8.89. The largest absolute Gasteiger partial charge is 0.451 e. The molecule has 1 aliphatic heterocycles. The van der Waals surface area contributed by atoms with E-state index in [0.29, 0.717) is 0 Å². The topological polar surface area (TPSA) is 186 Å². The molecule has 0 aromatic rings. The van der Waals surface area contributed by atoms with Gasteiger partial charge in [0.05, 0.1) is 0 Å². The summed E-state index contributed by atoms with van der Waals surface area (Å²) in [6.07, 6.45) is -5.49. The van der Waals surface area contributed by atoms with Crippen molar-refractivity contribution in [1.82, 2.24) is 19.6 Å². The second-order valence-electron chi connectivity index (χ2n) is 10.8. The first kappa shape index (κ1) is 37.8. The van der Waals surface area contributed by atoms with Crippen molar-refractivity contribution in [3.05, 3.63) is 0 Å². The Morgan fingerprint density at radius 2 is 0.477 bits per heavy atom. The van der Waals surface area contributed by atoms with Gasteiger partial charge in [-0.3, -0.25) is 19.2 Å². The van der Waals surface area contributed by atoms with Crippen molar-refractivity contribution in [2.75, 3.05) is 28.2 Å². The summed E-state index contributed by atoms with van der Waals surface area (Å²) in [5.41, 5.74) is 0. The Bertz CT molecular complexity index is 983. The van der Waals surface area contributed by atoms with Gasteiger partial charge in [-0.15, -0.1) is 0 Å². The monoisotopic (exact) mass is 628 g/mol. The normalized spacial score (nSPS) is 32.1. The van der Waals surface area contributed by atoms with Crippen LogP contribution in [0.3, 0.4) is 0 Å². The van der Waals surface area contributed by atoms with Crippen LogP contribution >= 0.6 is 0 Å². The van der Waals surface area contributed by atoms with Crippen LogP contribution < -0.4 is 0 Å². The first-order valence-electron chi connectivity index (χ1n) is 14.0. The molecule has 0 N–H and O–H groups in total. The summed E-state index contributed by atoms with van der Waals surface area (Å²) < 4.78 is 20.9. The number of rotatable bonds is 0. The second-order valence-corrected chi connectivity index (χ2v) is 10.8. The molecule has 1 rings (SSSR count). The van der Waals surface area contributed by atoms with E-state index >= 15 is 0 Å². The fraction of sp³-hybridized carbons (Fsp3) is 0.714.